The Morgan fingerprint density at radius 2 is 2.00 bits per heavy atom. The minimum Gasteiger partial charge on any atom is -0.395 e. The van der Waals surface area contributed by atoms with Gasteiger partial charge in [-0.1, -0.05) is 6.92 Å². The molecule has 0 fully saturated rings. The monoisotopic (exact) mass is 176 g/mol. The molecule has 0 bridgehead atoms. The predicted octanol–water partition coefficient (Wildman–Crippen LogP) is -1.12. The maximum absolute atomic E-state index is 9.55. The van der Waals surface area contributed by atoms with E-state index in [1.807, 2.05) is 25.9 Å². The molecule has 74 valence electrons. The highest BCUT2D eigenvalue weighted by atomic mass is 16.3. The minimum atomic E-state index is -0.509. The summed E-state index contributed by atoms with van der Waals surface area (Å²) in [5.41, 5.74) is 0. The third-order valence-electron chi connectivity index (χ3n) is 1.90. The summed E-state index contributed by atoms with van der Waals surface area (Å²) in [4.78, 5) is 1.82. The molecule has 0 saturated carbocycles. The van der Waals surface area contributed by atoms with Gasteiger partial charge in [-0.3, -0.25) is 0 Å². The van der Waals surface area contributed by atoms with Gasteiger partial charge >= 0.3 is 0 Å². The lowest BCUT2D eigenvalue weighted by atomic mass is 10.1. The lowest BCUT2D eigenvalue weighted by Crippen LogP contribution is -2.46. The van der Waals surface area contributed by atoms with Crippen molar-refractivity contribution in [1.29, 1.82) is 0 Å². The predicted molar refractivity (Wildman–Crippen MR) is 49.1 cm³/mol. The molecule has 0 radical (unpaired) electrons. The highest BCUT2D eigenvalue weighted by Gasteiger charge is 2.19. The third kappa shape index (κ3) is 4.01. The summed E-state index contributed by atoms with van der Waals surface area (Å²) in [7, 11) is 3.69. The van der Waals surface area contributed by atoms with Gasteiger partial charge in [0.15, 0.2) is 0 Å². The lowest BCUT2D eigenvalue weighted by molar-refractivity contribution is 0.0404. The van der Waals surface area contributed by atoms with E-state index in [1.165, 1.54) is 0 Å². The molecule has 0 aromatic carbocycles. The first-order chi connectivity index (χ1) is 5.63. The Labute approximate surface area is 74.2 Å². The van der Waals surface area contributed by atoms with Crippen LogP contribution in [-0.4, -0.2) is 61.1 Å². The van der Waals surface area contributed by atoms with Crippen LogP contribution in [0.3, 0.4) is 0 Å². The second-order valence-corrected chi connectivity index (χ2v) is 3.09. The van der Waals surface area contributed by atoms with E-state index in [4.69, 9.17) is 5.11 Å². The van der Waals surface area contributed by atoms with Crippen LogP contribution in [0.15, 0.2) is 0 Å². The number of hydrogen-bond donors (Lipinski definition) is 3. The number of hydrogen-bond acceptors (Lipinski definition) is 4. The molecule has 0 aliphatic carbocycles. The highest BCUT2D eigenvalue weighted by molar-refractivity contribution is 4.75. The third-order valence-corrected chi connectivity index (χ3v) is 1.90. The van der Waals surface area contributed by atoms with Gasteiger partial charge in [0.2, 0.25) is 0 Å². The van der Waals surface area contributed by atoms with E-state index >= 15 is 0 Å². The molecular weight excluding hydrogens is 156 g/mol. The van der Waals surface area contributed by atoms with Gasteiger partial charge in [0.05, 0.1) is 18.8 Å². The molecule has 0 aliphatic heterocycles. The maximum atomic E-state index is 9.55. The van der Waals surface area contributed by atoms with Gasteiger partial charge in [0, 0.05) is 6.54 Å². The van der Waals surface area contributed by atoms with Crippen molar-refractivity contribution in [3.8, 4) is 0 Å². The van der Waals surface area contributed by atoms with Gasteiger partial charge in [0.25, 0.3) is 0 Å². The maximum Gasteiger partial charge on any atom is 0.0841 e. The fraction of sp³-hybridized carbons (Fsp3) is 1.00. The summed E-state index contributed by atoms with van der Waals surface area (Å²) in [6.07, 6.45) is -0.509. The first-order valence-electron chi connectivity index (χ1n) is 4.29. The molecule has 0 aromatic rings. The van der Waals surface area contributed by atoms with Gasteiger partial charge in [-0.05, 0) is 20.6 Å². The van der Waals surface area contributed by atoms with Crippen LogP contribution in [-0.2, 0) is 0 Å². The molecule has 0 saturated heterocycles. The summed E-state index contributed by atoms with van der Waals surface area (Å²) in [5.74, 6) is 0. The van der Waals surface area contributed by atoms with Crippen LogP contribution in [0.1, 0.15) is 6.92 Å². The molecule has 0 amide bonds. The van der Waals surface area contributed by atoms with Crippen molar-refractivity contribution in [2.45, 2.75) is 19.1 Å². The van der Waals surface area contributed by atoms with Crippen LogP contribution in [0, 0.1) is 0 Å². The molecule has 0 aliphatic rings. The zero-order chi connectivity index (χ0) is 9.56. The Hall–Kier alpha value is -0.160. The molecule has 0 spiro atoms. The van der Waals surface area contributed by atoms with Crippen molar-refractivity contribution in [3.05, 3.63) is 0 Å². The highest BCUT2D eigenvalue weighted by Crippen LogP contribution is 1.98. The quantitative estimate of drug-likeness (QED) is 0.480. The summed E-state index contributed by atoms with van der Waals surface area (Å²) in [6, 6.07) is -0.177. The Morgan fingerprint density at radius 3 is 2.33 bits per heavy atom. The molecule has 0 rings (SSSR count). The largest absolute Gasteiger partial charge is 0.395 e. The van der Waals surface area contributed by atoms with E-state index in [0.717, 1.165) is 6.54 Å². The number of aliphatic hydroxyl groups excluding tert-OH is 2. The van der Waals surface area contributed by atoms with Crippen LogP contribution in [0.5, 0.6) is 0 Å². The summed E-state index contributed by atoms with van der Waals surface area (Å²) in [5, 5.41) is 21.5. The number of nitrogens with zero attached hydrogens (tertiary/aromatic N) is 1. The standard InChI is InChI=1S/C8H20N2O2/c1-4-9-5-8(12)7(6-11)10(2)3/h7-9,11-12H,4-6H2,1-3H3. The van der Waals surface area contributed by atoms with Crippen LogP contribution >= 0.6 is 0 Å². The molecule has 3 N–H and O–H groups in total. The van der Waals surface area contributed by atoms with Crippen molar-refractivity contribution < 1.29 is 10.2 Å². The van der Waals surface area contributed by atoms with Crippen LogP contribution in [0.2, 0.25) is 0 Å². The van der Waals surface area contributed by atoms with Crippen LogP contribution < -0.4 is 5.32 Å². The van der Waals surface area contributed by atoms with Crippen molar-refractivity contribution in [2.75, 3.05) is 33.8 Å². The fourth-order valence-corrected chi connectivity index (χ4v) is 1.06. The number of rotatable bonds is 6. The van der Waals surface area contributed by atoms with Crippen LogP contribution in [0.25, 0.3) is 0 Å². The molecule has 0 aromatic heterocycles. The Balaban J connectivity index is 3.77. The Morgan fingerprint density at radius 1 is 1.42 bits per heavy atom. The SMILES string of the molecule is CCNCC(O)C(CO)N(C)C. The van der Waals surface area contributed by atoms with Crippen LogP contribution in [0.4, 0.5) is 0 Å². The molecule has 12 heavy (non-hydrogen) atoms. The Bertz CT molecular complexity index is 109. The second-order valence-electron chi connectivity index (χ2n) is 3.09. The summed E-state index contributed by atoms with van der Waals surface area (Å²) < 4.78 is 0. The summed E-state index contributed by atoms with van der Waals surface area (Å²) in [6.45, 7) is 3.33. The van der Waals surface area contributed by atoms with Gasteiger partial charge in [-0.2, -0.15) is 0 Å². The van der Waals surface area contributed by atoms with Gasteiger partial charge in [-0.15, -0.1) is 0 Å². The average molecular weight is 176 g/mol. The molecule has 0 heterocycles. The molecule has 2 atom stereocenters. The van der Waals surface area contributed by atoms with Crippen molar-refractivity contribution in [1.82, 2.24) is 10.2 Å². The zero-order valence-corrected chi connectivity index (χ0v) is 8.12. The molecule has 4 heteroatoms. The summed E-state index contributed by atoms with van der Waals surface area (Å²) >= 11 is 0. The van der Waals surface area contributed by atoms with E-state index in [2.05, 4.69) is 5.32 Å². The van der Waals surface area contributed by atoms with Gasteiger partial charge < -0.3 is 20.4 Å². The molecular formula is C8H20N2O2. The van der Waals surface area contributed by atoms with Crippen molar-refractivity contribution in [3.63, 3.8) is 0 Å². The number of likely N-dealkylation sites (N-methyl/N-ethyl adjacent to an activating group) is 2. The first kappa shape index (κ1) is 11.8. The van der Waals surface area contributed by atoms with Crippen molar-refractivity contribution in [2.24, 2.45) is 0 Å². The van der Waals surface area contributed by atoms with E-state index < -0.39 is 6.10 Å². The normalized spacial score (nSPS) is 16.5. The van der Waals surface area contributed by atoms with Gasteiger partial charge in [-0.25, -0.2) is 0 Å². The van der Waals surface area contributed by atoms with E-state index in [9.17, 15) is 5.11 Å². The molecule has 2 unspecified atom stereocenters. The number of nitrogens with one attached hydrogen (secondary N) is 1. The Kier molecular flexibility index (Phi) is 6.28. The zero-order valence-electron chi connectivity index (χ0n) is 8.12. The van der Waals surface area contributed by atoms with E-state index in [-0.39, 0.29) is 12.6 Å². The minimum absolute atomic E-state index is 0.0143. The van der Waals surface area contributed by atoms with E-state index in [1.54, 1.807) is 0 Å². The fourth-order valence-electron chi connectivity index (χ4n) is 1.06. The van der Waals surface area contributed by atoms with E-state index in [0.29, 0.717) is 6.54 Å². The molecule has 4 nitrogen and oxygen atoms in total. The van der Waals surface area contributed by atoms with Gasteiger partial charge in [0.1, 0.15) is 0 Å². The first-order valence-corrected chi connectivity index (χ1v) is 4.29. The number of aliphatic hydroxyl groups is 2. The second kappa shape index (κ2) is 6.37. The average Bonchev–Trinajstić information content (AvgIpc) is 2.01. The smallest absolute Gasteiger partial charge is 0.0841 e. The van der Waals surface area contributed by atoms with Crippen molar-refractivity contribution >= 4 is 0 Å². The lowest BCUT2D eigenvalue weighted by Gasteiger charge is -2.27. The topological polar surface area (TPSA) is 55.7 Å².